The van der Waals surface area contributed by atoms with Crippen LogP contribution in [0.25, 0.3) is 11.0 Å². The molecule has 2 aromatic heterocycles. The third kappa shape index (κ3) is 3.20. The van der Waals surface area contributed by atoms with Crippen molar-refractivity contribution < 1.29 is 4.42 Å². The zero-order valence-corrected chi connectivity index (χ0v) is 15.1. The number of piperazine rings is 1. The zero-order valence-electron chi connectivity index (χ0n) is 15.1. The lowest BCUT2D eigenvalue weighted by Gasteiger charge is -2.35. The highest BCUT2D eigenvalue weighted by Gasteiger charge is 2.19. The number of benzene rings is 1. The lowest BCUT2D eigenvalue weighted by atomic mass is 10.0. The number of aromatic nitrogens is 2. The smallest absolute Gasteiger partial charge is 0.336 e. The third-order valence-electron chi connectivity index (χ3n) is 5.16. The van der Waals surface area contributed by atoms with Crippen LogP contribution in [-0.2, 0) is 6.54 Å². The molecule has 0 bridgehead atoms. The van der Waals surface area contributed by atoms with Gasteiger partial charge in [0.2, 0.25) is 0 Å². The first-order valence-electron chi connectivity index (χ1n) is 8.88. The molecule has 1 aromatic carbocycles. The van der Waals surface area contributed by atoms with E-state index in [1.807, 2.05) is 13.8 Å². The van der Waals surface area contributed by atoms with Crippen LogP contribution in [0.15, 0.2) is 46.0 Å². The molecule has 4 rings (SSSR count). The van der Waals surface area contributed by atoms with Crippen molar-refractivity contribution in [3.8, 4) is 0 Å². The van der Waals surface area contributed by atoms with E-state index < -0.39 is 0 Å². The normalized spacial score (nSPS) is 15.5. The minimum Gasteiger partial charge on any atom is -0.422 e. The molecule has 1 aliphatic heterocycles. The van der Waals surface area contributed by atoms with Crippen LogP contribution < -0.4 is 10.5 Å². The van der Waals surface area contributed by atoms with Gasteiger partial charge in [-0.1, -0.05) is 12.1 Å². The van der Waals surface area contributed by atoms with E-state index in [1.54, 1.807) is 24.7 Å². The van der Waals surface area contributed by atoms with Crippen molar-refractivity contribution in [2.75, 3.05) is 31.1 Å². The van der Waals surface area contributed by atoms with Gasteiger partial charge in [0.15, 0.2) is 0 Å². The second-order valence-corrected chi connectivity index (χ2v) is 6.80. The predicted octanol–water partition coefficient (Wildman–Crippen LogP) is 2.52. The molecule has 3 heterocycles. The lowest BCUT2D eigenvalue weighted by Crippen LogP contribution is -2.46. The Kier molecular flexibility index (Phi) is 4.42. The van der Waals surface area contributed by atoms with E-state index in [4.69, 9.17) is 4.42 Å². The van der Waals surface area contributed by atoms with Gasteiger partial charge in [-0.15, -0.1) is 0 Å². The highest BCUT2D eigenvalue weighted by molar-refractivity contribution is 5.83. The van der Waals surface area contributed by atoms with Crippen LogP contribution >= 0.6 is 0 Å². The second kappa shape index (κ2) is 6.88. The van der Waals surface area contributed by atoms with Gasteiger partial charge in [-0.05, 0) is 30.5 Å². The van der Waals surface area contributed by atoms with E-state index in [9.17, 15) is 4.79 Å². The number of hydrogen-bond donors (Lipinski definition) is 0. The van der Waals surface area contributed by atoms with Gasteiger partial charge >= 0.3 is 5.63 Å². The predicted molar refractivity (Wildman–Crippen MR) is 101 cm³/mol. The molecule has 0 aliphatic carbocycles. The summed E-state index contributed by atoms with van der Waals surface area (Å²) in [5.74, 6) is 0.920. The highest BCUT2D eigenvalue weighted by atomic mass is 16.4. The van der Waals surface area contributed by atoms with Gasteiger partial charge in [0.1, 0.15) is 11.4 Å². The molecule has 0 unspecified atom stereocenters. The lowest BCUT2D eigenvalue weighted by molar-refractivity contribution is 0.249. The quantitative estimate of drug-likeness (QED) is 0.677. The van der Waals surface area contributed by atoms with Gasteiger partial charge < -0.3 is 9.32 Å². The van der Waals surface area contributed by atoms with Crippen LogP contribution in [0.3, 0.4) is 0 Å². The Labute approximate surface area is 152 Å². The van der Waals surface area contributed by atoms with Crippen LogP contribution in [0.1, 0.15) is 16.7 Å². The molecule has 134 valence electrons. The van der Waals surface area contributed by atoms with Gasteiger partial charge in [-0.2, -0.15) is 0 Å². The summed E-state index contributed by atoms with van der Waals surface area (Å²) in [5.41, 5.74) is 3.64. The number of rotatable bonds is 3. The van der Waals surface area contributed by atoms with Gasteiger partial charge in [0, 0.05) is 56.6 Å². The molecular formula is C20H22N4O2. The molecule has 0 spiro atoms. The second-order valence-electron chi connectivity index (χ2n) is 6.80. The van der Waals surface area contributed by atoms with Gasteiger partial charge in [0.25, 0.3) is 0 Å². The first-order valence-corrected chi connectivity index (χ1v) is 8.88. The van der Waals surface area contributed by atoms with Crippen molar-refractivity contribution in [1.82, 2.24) is 14.9 Å². The monoisotopic (exact) mass is 350 g/mol. The van der Waals surface area contributed by atoms with E-state index in [2.05, 4.69) is 31.9 Å². The Hall–Kier alpha value is -2.73. The molecule has 1 fully saturated rings. The van der Waals surface area contributed by atoms with Crippen molar-refractivity contribution in [2.24, 2.45) is 0 Å². The van der Waals surface area contributed by atoms with E-state index in [1.165, 1.54) is 0 Å². The number of hydrogen-bond acceptors (Lipinski definition) is 6. The molecule has 6 heteroatoms. The summed E-state index contributed by atoms with van der Waals surface area (Å²) >= 11 is 0. The topological polar surface area (TPSA) is 62.5 Å². The fourth-order valence-corrected chi connectivity index (χ4v) is 3.49. The van der Waals surface area contributed by atoms with Crippen molar-refractivity contribution in [3.05, 3.63) is 63.9 Å². The summed E-state index contributed by atoms with van der Waals surface area (Å²) in [6, 6.07) is 5.78. The first kappa shape index (κ1) is 16.7. The standard InChI is InChI=1S/C20H22N4O2/c1-14-3-4-17-16(11-19(25)26-20(17)15(14)2)13-23-7-9-24(10-8-23)18-12-21-5-6-22-18/h3-6,11-12H,7-10,13H2,1-2H3. The SMILES string of the molecule is Cc1ccc2c(CN3CCN(c4cnccn4)CC3)cc(=O)oc2c1C. The Morgan fingerprint density at radius 2 is 1.92 bits per heavy atom. The minimum absolute atomic E-state index is 0.278. The summed E-state index contributed by atoms with van der Waals surface area (Å²) in [6.07, 6.45) is 5.22. The molecule has 0 atom stereocenters. The summed E-state index contributed by atoms with van der Waals surface area (Å²) in [4.78, 5) is 25.2. The third-order valence-corrected chi connectivity index (χ3v) is 5.16. The molecule has 1 saturated heterocycles. The van der Waals surface area contributed by atoms with E-state index in [0.29, 0.717) is 5.58 Å². The van der Waals surface area contributed by atoms with Crippen molar-refractivity contribution in [3.63, 3.8) is 0 Å². The Morgan fingerprint density at radius 3 is 2.65 bits per heavy atom. The largest absolute Gasteiger partial charge is 0.422 e. The Balaban J connectivity index is 1.54. The number of anilines is 1. The molecule has 1 aliphatic rings. The maximum atomic E-state index is 12.0. The first-order chi connectivity index (χ1) is 12.6. The van der Waals surface area contributed by atoms with Crippen molar-refractivity contribution in [2.45, 2.75) is 20.4 Å². The van der Waals surface area contributed by atoms with Crippen molar-refractivity contribution in [1.29, 1.82) is 0 Å². The minimum atomic E-state index is -0.278. The highest BCUT2D eigenvalue weighted by Crippen LogP contribution is 2.24. The maximum Gasteiger partial charge on any atom is 0.336 e. The molecule has 3 aromatic rings. The molecular weight excluding hydrogens is 328 g/mol. The van der Waals surface area contributed by atoms with Crippen LogP contribution in [0, 0.1) is 13.8 Å². The van der Waals surface area contributed by atoms with Crippen LogP contribution in [0.2, 0.25) is 0 Å². The summed E-state index contributed by atoms with van der Waals surface area (Å²) in [5, 5.41) is 1.03. The maximum absolute atomic E-state index is 12.0. The van der Waals surface area contributed by atoms with Crippen LogP contribution in [0.5, 0.6) is 0 Å². The molecule has 0 N–H and O–H groups in total. The number of fused-ring (bicyclic) bond motifs is 1. The molecule has 0 amide bonds. The fourth-order valence-electron chi connectivity index (χ4n) is 3.49. The van der Waals surface area contributed by atoms with E-state index >= 15 is 0 Å². The summed E-state index contributed by atoms with van der Waals surface area (Å²) in [6.45, 7) is 8.43. The Bertz CT molecular complexity index is 976. The average Bonchev–Trinajstić information content (AvgIpc) is 2.66. The fraction of sp³-hybridized carbons (Fsp3) is 0.350. The van der Waals surface area contributed by atoms with Gasteiger partial charge in [0.05, 0.1) is 6.20 Å². The van der Waals surface area contributed by atoms with Crippen LogP contribution in [0.4, 0.5) is 5.82 Å². The summed E-state index contributed by atoms with van der Waals surface area (Å²) < 4.78 is 5.48. The molecule has 6 nitrogen and oxygen atoms in total. The molecule has 26 heavy (non-hydrogen) atoms. The Morgan fingerprint density at radius 1 is 1.12 bits per heavy atom. The number of aryl methyl sites for hydroxylation is 2. The van der Waals surface area contributed by atoms with Gasteiger partial charge in [-0.3, -0.25) is 9.88 Å². The zero-order chi connectivity index (χ0) is 18.1. The van der Waals surface area contributed by atoms with Gasteiger partial charge in [-0.25, -0.2) is 9.78 Å². The van der Waals surface area contributed by atoms with Crippen molar-refractivity contribution >= 4 is 16.8 Å². The molecule has 0 radical (unpaired) electrons. The van der Waals surface area contributed by atoms with Crippen LogP contribution in [-0.4, -0.2) is 41.0 Å². The van der Waals surface area contributed by atoms with E-state index in [-0.39, 0.29) is 5.63 Å². The van der Waals surface area contributed by atoms with E-state index in [0.717, 1.165) is 60.6 Å². The number of nitrogens with zero attached hydrogens (tertiary/aromatic N) is 4. The summed E-state index contributed by atoms with van der Waals surface area (Å²) in [7, 11) is 0. The molecule has 0 saturated carbocycles. The average molecular weight is 350 g/mol.